The Hall–Kier alpha value is -5.34. The standard InChI is InChI=1S/C52H52N2/c1-3-5-7-23-35-53-49(37-25-13-9-14-26-37)45-43-41-33-21-22-34-42(41)44(46(45)50(53)38-27-15-10-16-28-38)48-47(43)51(39-29-17-11-18-30-39)54(36-24-8-6-4-2)52(48)40-31-19-12-20-32-40/h9-22,25-34,43-44H,3-8,23-24,35-36H2,1-2H3. The van der Waals surface area contributed by atoms with Crippen molar-refractivity contribution in [3.8, 4) is 45.0 Å². The fourth-order valence-corrected chi connectivity index (χ4v) is 9.90. The van der Waals surface area contributed by atoms with Crippen LogP contribution in [-0.2, 0) is 13.1 Å². The van der Waals surface area contributed by atoms with E-state index in [0.717, 1.165) is 13.1 Å². The lowest BCUT2D eigenvalue weighted by Gasteiger charge is -2.41. The van der Waals surface area contributed by atoms with Crippen LogP contribution in [0, 0.1) is 0 Å². The Labute approximate surface area is 322 Å². The average molecular weight is 705 g/mol. The predicted octanol–water partition coefficient (Wildman–Crippen LogP) is 14.1. The lowest BCUT2D eigenvalue weighted by atomic mass is 9.60. The predicted molar refractivity (Wildman–Crippen MR) is 227 cm³/mol. The second-order valence-electron chi connectivity index (χ2n) is 15.4. The molecule has 2 bridgehead atoms. The number of benzene rings is 5. The molecule has 0 unspecified atom stereocenters. The Morgan fingerprint density at radius 3 is 0.889 bits per heavy atom. The molecule has 0 radical (unpaired) electrons. The Balaban J connectivity index is 1.42. The lowest BCUT2D eigenvalue weighted by Crippen LogP contribution is -2.27. The maximum absolute atomic E-state index is 2.76. The number of hydrogen-bond acceptors (Lipinski definition) is 0. The van der Waals surface area contributed by atoms with Crippen molar-refractivity contribution in [2.24, 2.45) is 0 Å². The Morgan fingerprint density at radius 2 is 0.611 bits per heavy atom. The van der Waals surface area contributed by atoms with Crippen molar-refractivity contribution >= 4 is 0 Å². The minimum absolute atomic E-state index is 0.111. The van der Waals surface area contributed by atoms with Crippen LogP contribution < -0.4 is 0 Å². The van der Waals surface area contributed by atoms with Crippen LogP contribution in [0.5, 0.6) is 0 Å². The van der Waals surface area contributed by atoms with Gasteiger partial charge in [-0.3, -0.25) is 0 Å². The molecule has 10 rings (SSSR count). The number of aromatic nitrogens is 2. The van der Waals surface area contributed by atoms with Crippen LogP contribution in [0.4, 0.5) is 0 Å². The van der Waals surface area contributed by atoms with Crippen LogP contribution in [0.25, 0.3) is 45.0 Å². The Bertz CT molecular complexity index is 2050. The summed E-state index contributed by atoms with van der Waals surface area (Å²) in [7, 11) is 0. The van der Waals surface area contributed by atoms with Gasteiger partial charge < -0.3 is 9.13 Å². The number of hydrogen-bond donors (Lipinski definition) is 0. The van der Waals surface area contributed by atoms with Gasteiger partial charge in [-0.25, -0.2) is 0 Å². The molecule has 270 valence electrons. The molecule has 0 spiro atoms. The first-order chi connectivity index (χ1) is 26.8. The zero-order valence-electron chi connectivity index (χ0n) is 32.0. The molecule has 0 N–H and O–H groups in total. The number of unbranched alkanes of at least 4 members (excludes halogenated alkanes) is 6. The molecular weight excluding hydrogens is 653 g/mol. The molecule has 0 aliphatic heterocycles. The third kappa shape index (κ3) is 5.79. The molecule has 0 atom stereocenters. The Morgan fingerprint density at radius 1 is 0.333 bits per heavy atom. The number of rotatable bonds is 14. The van der Waals surface area contributed by atoms with E-state index in [1.807, 2.05) is 0 Å². The largest absolute Gasteiger partial charge is 0.340 e. The topological polar surface area (TPSA) is 9.86 Å². The monoisotopic (exact) mass is 704 g/mol. The number of nitrogens with zero attached hydrogens (tertiary/aromatic N) is 2. The van der Waals surface area contributed by atoms with E-state index in [0.29, 0.717) is 0 Å². The van der Waals surface area contributed by atoms with Crippen molar-refractivity contribution in [3.05, 3.63) is 179 Å². The van der Waals surface area contributed by atoms with Crippen molar-refractivity contribution in [3.63, 3.8) is 0 Å². The van der Waals surface area contributed by atoms with Gasteiger partial charge in [0.2, 0.25) is 0 Å². The maximum Gasteiger partial charge on any atom is 0.0530 e. The van der Waals surface area contributed by atoms with Gasteiger partial charge in [0.1, 0.15) is 0 Å². The maximum atomic E-state index is 2.76. The van der Waals surface area contributed by atoms with E-state index in [9.17, 15) is 0 Å². The van der Waals surface area contributed by atoms with Gasteiger partial charge in [-0.15, -0.1) is 0 Å². The first-order valence-electron chi connectivity index (χ1n) is 20.6. The summed E-state index contributed by atoms with van der Waals surface area (Å²) in [5.41, 5.74) is 19.9. The first kappa shape index (κ1) is 34.4. The molecule has 2 heterocycles. The van der Waals surface area contributed by atoms with E-state index < -0.39 is 0 Å². The molecule has 0 saturated heterocycles. The molecule has 7 aromatic rings. The third-order valence-electron chi connectivity index (χ3n) is 12.1. The highest BCUT2D eigenvalue weighted by Gasteiger charge is 2.50. The summed E-state index contributed by atoms with van der Waals surface area (Å²) < 4.78 is 5.51. The highest BCUT2D eigenvalue weighted by Crippen LogP contribution is 2.65. The normalized spacial score (nSPS) is 15.2. The zero-order chi connectivity index (χ0) is 36.4. The van der Waals surface area contributed by atoms with Crippen molar-refractivity contribution < 1.29 is 0 Å². The molecule has 54 heavy (non-hydrogen) atoms. The van der Waals surface area contributed by atoms with Gasteiger partial charge in [-0.2, -0.15) is 0 Å². The van der Waals surface area contributed by atoms with Gasteiger partial charge in [0.15, 0.2) is 0 Å². The Kier molecular flexibility index (Phi) is 9.68. The molecule has 3 aliphatic carbocycles. The molecule has 2 aromatic heterocycles. The van der Waals surface area contributed by atoms with Crippen molar-refractivity contribution in [2.75, 3.05) is 0 Å². The summed E-state index contributed by atoms with van der Waals surface area (Å²) in [6, 6.07) is 54.8. The summed E-state index contributed by atoms with van der Waals surface area (Å²) in [6.45, 7) is 6.65. The summed E-state index contributed by atoms with van der Waals surface area (Å²) in [5, 5.41) is 0. The minimum atomic E-state index is 0.111. The fraction of sp³-hybridized carbons (Fsp3) is 0.269. The second kappa shape index (κ2) is 15.2. The van der Waals surface area contributed by atoms with Crippen LogP contribution in [0.2, 0.25) is 0 Å². The molecule has 0 amide bonds. The summed E-state index contributed by atoms with van der Waals surface area (Å²) in [5.74, 6) is 0.223. The van der Waals surface area contributed by atoms with Crippen LogP contribution in [0.15, 0.2) is 146 Å². The smallest absolute Gasteiger partial charge is 0.0530 e. The summed E-state index contributed by atoms with van der Waals surface area (Å²) >= 11 is 0. The van der Waals surface area contributed by atoms with Crippen molar-refractivity contribution in [2.45, 2.75) is 90.1 Å². The van der Waals surface area contributed by atoms with E-state index in [4.69, 9.17) is 0 Å². The minimum Gasteiger partial charge on any atom is -0.340 e. The van der Waals surface area contributed by atoms with E-state index in [1.165, 1.54) is 130 Å². The zero-order valence-corrected chi connectivity index (χ0v) is 32.0. The van der Waals surface area contributed by atoms with Gasteiger partial charge >= 0.3 is 0 Å². The third-order valence-corrected chi connectivity index (χ3v) is 12.1. The van der Waals surface area contributed by atoms with Crippen LogP contribution in [-0.4, -0.2) is 9.13 Å². The average Bonchev–Trinajstić information content (AvgIpc) is 3.76. The van der Waals surface area contributed by atoms with Gasteiger partial charge in [-0.1, -0.05) is 198 Å². The highest BCUT2D eigenvalue weighted by molar-refractivity contribution is 5.91. The van der Waals surface area contributed by atoms with Crippen molar-refractivity contribution in [1.29, 1.82) is 0 Å². The summed E-state index contributed by atoms with van der Waals surface area (Å²) in [4.78, 5) is 0. The molecule has 2 nitrogen and oxygen atoms in total. The van der Waals surface area contributed by atoms with E-state index in [1.54, 1.807) is 0 Å². The highest BCUT2D eigenvalue weighted by atomic mass is 15.0. The fourth-order valence-electron chi connectivity index (χ4n) is 9.90. The van der Waals surface area contributed by atoms with Gasteiger partial charge in [0, 0.05) is 24.9 Å². The molecule has 0 fully saturated rings. The van der Waals surface area contributed by atoms with E-state index >= 15 is 0 Å². The van der Waals surface area contributed by atoms with Crippen LogP contribution >= 0.6 is 0 Å². The summed E-state index contributed by atoms with van der Waals surface area (Å²) in [6.07, 6.45) is 9.85. The molecule has 0 saturated carbocycles. The first-order valence-corrected chi connectivity index (χ1v) is 20.6. The van der Waals surface area contributed by atoms with Gasteiger partial charge in [-0.05, 0) is 68.5 Å². The van der Waals surface area contributed by atoms with Crippen LogP contribution in [0.3, 0.4) is 0 Å². The van der Waals surface area contributed by atoms with Gasteiger partial charge in [0.05, 0.1) is 22.8 Å². The van der Waals surface area contributed by atoms with Crippen molar-refractivity contribution in [1.82, 2.24) is 9.13 Å². The molecule has 3 aliphatic rings. The SMILES string of the molecule is CCCCCCn1c(-c2ccccc2)c2c(c1-c1ccccc1)C1c3ccccc3C2c2c1c(-c1ccccc1)n(CCCCCC)c2-c1ccccc1. The van der Waals surface area contributed by atoms with E-state index in [2.05, 4.69) is 169 Å². The molecule has 5 aromatic carbocycles. The second-order valence-corrected chi connectivity index (χ2v) is 15.4. The molecular formula is C52H52N2. The molecule has 2 heteroatoms. The van der Waals surface area contributed by atoms with Crippen LogP contribution in [0.1, 0.15) is 110 Å². The quantitative estimate of drug-likeness (QED) is 0.0998. The van der Waals surface area contributed by atoms with E-state index in [-0.39, 0.29) is 11.8 Å². The lowest BCUT2D eigenvalue weighted by molar-refractivity contribution is 0.588. The van der Waals surface area contributed by atoms with Gasteiger partial charge in [0.25, 0.3) is 0 Å².